The van der Waals surface area contributed by atoms with Crippen LogP contribution >= 0.6 is 0 Å². The quantitative estimate of drug-likeness (QED) is 0.449. The highest BCUT2D eigenvalue weighted by Crippen LogP contribution is 2.41. The molecule has 0 aliphatic rings. The minimum atomic E-state index is -0.491. The van der Waals surface area contributed by atoms with Crippen molar-refractivity contribution < 1.29 is 9.53 Å². The molecule has 0 radical (unpaired) electrons. The minimum absolute atomic E-state index is 0.141. The summed E-state index contributed by atoms with van der Waals surface area (Å²) in [4.78, 5) is 11.8. The molecule has 3 aromatic rings. The van der Waals surface area contributed by atoms with Gasteiger partial charge in [0, 0.05) is 17.2 Å². The van der Waals surface area contributed by atoms with Crippen LogP contribution in [0.4, 0.5) is 0 Å². The monoisotopic (exact) mass is 321 g/mol. The number of carbonyl (C=O) groups is 1. The number of hydrogen-bond donors (Lipinski definition) is 1. The maximum atomic E-state index is 11.8. The number of aromatic nitrogens is 3. The second-order valence-electron chi connectivity index (χ2n) is 6.57. The van der Waals surface area contributed by atoms with Crippen LogP contribution in [0.2, 0.25) is 0 Å². The van der Waals surface area contributed by atoms with Crippen molar-refractivity contribution >= 4 is 17.0 Å². The van der Waals surface area contributed by atoms with Crippen LogP contribution in [0.15, 0.2) is 49.1 Å². The summed E-state index contributed by atoms with van der Waals surface area (Å²) >= 11 is 0. The number of esters is 1. The van der Waals surface area contributed by atoms with Gasteiger partial charge >= 0.3 is 5.97 Å². The Hall–Kier alpha value is -2.95. The number of carbonyl (C=O) groups excluding carboxylic acids is 1. The third-order valence-corrected chi connectivity index (χ3v) is 3.84. The summed E-state index contributed by atoms with van der Waals surface area (Å²) in [6.45, 7) is 9.83. The normalized spacial score (nSPS) is 11.5. The van der Waals surface area contributed by atoms with Gasteiger partial charge in [-0.15, -0.1) is 5.10 Å². The van der Waals surface area contributed by atoms with Crippen LogP contribution in [0.1, 0.15) is 26.3 Å². The van der Waals surface area contributed by atoms with Gasteiger partial charge in [0.25, 0.3) is 0 Å². The molecule has 5 heteroatoms. The van der Waals surface area contributed by atoms with Gasteiger partial charge in [-0.25, -0.2) is 4.79 Å². The highest BCUT2D eigenvalue weighted by atomic mass is 16.5. The van der Waals surface area contributed by atoms with Gasteiger partial charge in [-0.2, -0.15) is 0 Å². The van der Waals surface area contributed by atoms with Gasteiger partial charge in [-0.3, -0.25) is 5.10 Å². The SMILES string of the molecule is C=CC(=O)Oc1cccc(C(C)(C)C)c1-c1cccc2[nH]nnc12. The van der Waals surface area contributed by atoms with E-state index in [1.807, 2.05) is 30.3 Å². The molecule has 0 bridgehead atoms. The molecule has 0 saturated heterocycles. The van der Waals surface area contributed by atoms with Crippen molar-refractivity contribution in [1.29, 1.82) is 0 Å². The van der Waals surface area contributed by atoms with Gasteiger partial charge < -0.3 is 4.74 Å². The smallest absolute Gasteiger partial charge is 0.335 e. The molecule has 0 atom stereocenters. The average Bonchev–Trinajstić information content (AvgIpc) is 3.02. The average molecular weight is 321 g/mol. The molecule has 3 rings (SSSR count). The van der Waals surface area contributed by atoms with Gasteiger partial charge in [-0.05, 0) is 23.1 Å². The van der Waals surface area contributed by atoms with E-state index in [9.17, 15) is 4.79 Å². The highest BCUT2D eigenvalue weighted by molar-refractivity contribution is 5.95. The summed E-state index contributed by atoms with van der Waals surface area (Å²) in [6.07, 6.45) is 1.16. The molecule has 1 N–H and O–H groups in total. The van der Waals surface area contributed by atoms with Crippen molar-refractivity contribution in [1.82, 2.24) is 15.4 Å². The molecule has 0 amide bonds. The Morgan fingerprint density at radius 1 is 1.21 bits per heavy atom. The Morgan fingerprint density at radius 3 is 2.67 bits per heavy atom. The fourth-order valence-electron chi connectivity index (χ4n) is 2.74. The maximum absolute atomic E-state index is 11.8. The largest absolute Gasteiger partial charge is 0.423 e. The maximum Gasteiger partial charge on any atom is 0.335 e. The number of fused-ring (bicyclic) bond motifs is 1. The number of rotatable bonds is 3. The fourth-order valence-corrected chi connectivity index (χ4v) is 2.74. The van der Waals surface area contributed by atoms with Crippen LogP contribution < -0.4 is 4.74 Å². The van der Waals surface area contributed by atoms with Crippen molar-refractivity contribution in [3.63, 3.8) is 0 Å². The molecule has 1 aromatic heterocycles. The van der Waals surface area contributed by atoms with Crippen LogP contribution in [0.25, 0.3) is 22.2 Å². The molecule has 24 heavy (non-hydrogen) atoms. The molecule has 0 aliphatic heterocycles. The highest BCUT2D eigenvalue weighted by Gasteiger charge is 2.24. The molecule has 2 aromatic carbocycles. The summed E-state index contributed by atoms with van der Waals surface area (Å²) in [7, 11) is 0. The lowest BCUT2D eigenvalue weighted by atomic mass is 9.81. The number of nitrogens with one attached hydrogen (secondary N) is 1. The van der Waals surface area contributed by atoms with E-state index < -0.39 is 5.97 Å². The van der Waals surface area contributed by atoms with Crippen molar-refractivity contribution in [3.05, 3.63) is 54.6 Å². The van der Waals surface area contributed by atoms with Crippen molar-refractivity contribution in [2.75, 3.05) is 0 Å². The van der Waals surface area contributed by atoms with E-state index in [1.165, 1.54) is 0 Å². The zero-order chi connectivity index (χ0) is 17.3. The molecule has 122 valence electrons. The van der Waals surface area contributed by atoms with Crippen LogP contribution in [0, 0.1) is 0 Å². The first-order valence-corrected chi connectivity index (χ1v) is 7.69. The number of hydrogen-bond acceptors (Lipinski definition) is 4. The number of ether oxygens (including phenoxy) is 1. The lowest BCUT2D eigenvalue weighted by Crippen LogP contribution is -2.14. The number of benzene rings is 2. The van der Waals surface area contributed by atoms with E-state index in [1.54, 1.807) is 6.07 Å². The second kappa shape index (κ2) is 5.92. The van der Waals surface area contributed by atoms with Crippen molar-refractivity contribution in [3.8, 4) is 16.9 Å². The minimum Gasteiger partial charge on any atom is -0.423 e. The Morgan fingerprint density at radius 2 is 1.96 bits per heavy atom. The Labute approximate surface area is 140 Å². The summed E-state index contributed by atoms with van der Waals surface area (Å²) in [6, 6.07) is 11.5. The first kappa shape index (κ1) is 15.9. The molecule has 0 spiro atoms. The standard InChI is InChI=1S/C19H19N3O2/c1-5-16(23)24-15-11-7-9-13(19(2,3)4)17(15)12-8-6-10-14-18(12)21-22-20-14/h5-11H,1H2,2-4H3,(H,20,21,22). The van der Waals surface area contributed by atoms with Crippen LogP contribution in [-0.4, -0.2) is 21.4 Å². The lowest BCUT2D eigenvalue weighted by Gasteiger charge is -2.24. The van der Waals surface area contributed by atoms with Gasteiger partial charge in [-0.1, -0.05) is 56.8 Å². The number of nitrogens with zero attached hydrogens (tertiary/aromatic N) is 2. The second-order valence-corrected chi connectivity index (χ2v) is 6.57. The summed E-state index contributed by atoms with van der Waals surface area (Å²) in [5.74, 6) is -0.00235. The van der Waals surface area contributed by atoms with Crippen LogP contribution in [0.3, 0.4) is 0 Å². The molecule has 5 nitrogen and oxygen atoms in total. The fraction of sp³-hybridized carbons (Fsp3) is 0.211. The predicted octanol–water partition coefficient (Wildman–Crippen LogP) is 4.01. The van der Waals surface area contributed by atoms with Gasteiger partial charge in [0.2, 0.25) is 0 Å². The third kappa shape index (κ3) is 2.80. The van der Waals surface area contributed by atoms with Crippen LogP contribution in [0.5, 0.6) is 5.75 Å². The van der Waals surface area contributed by atoms with E-state index in [0.29, 0.717) is 5.75 Å². The van der Waals surface area contributed by atoms with E-state index in [4.69, 9.17) is 4.74 Å². The van der Waals surface area contributed by atoms with Crippen molar-refractivity contribution in [2.24, 2.45) is 0 Å². The predicted molar refractivity (Wildman–Crippen MR) is 93.9 cm³/mol. The molecule has 0 aliphatic carbocycles. The zero-order valence-electron chi connectivity index (χ0n) is 14.0. The first-order valence-electron chi connectivity index (χ1n) is 7.69. The molecular formula is C19H19N3O2. The zero-order valence-corrected chi connectivity index (χ0v) is 14.0. The Bertz CT molecular complexity index is 920. The molecule has 0 saturated carbocycles. The Balaban J connectivity index is 2.33. The van der Waals surface area contributed by atoms with E-state index >= 15 is 0 Å². The van der Waals surface area contributed by atoms with E-state index in [0.717, 1.165) is 33.8 Å². The van der Waals surface area contributed by atoms with Gasteiger partial charge in [0.15, 0.2) is 0 Å². The number of H-pyrrole nitrogens is 1. The number of aromatic amines is 1. The molecule has 0 unspecified atom stereocenters. The summed E-state index contributed by atoms with van der Waals surface area (Å²) < 4.78 is 5.50. The molecular weight excluding hydrogens is 302 g/mol. The summed E-state index contributed by atoms with van der Waals surface area (Å²) in [5.41, 5.74) is 4.21. The van der Waals surface area contributed by atoms with Crippen LogP contribution in [-0.2, 0) is 10.2 Å². The molecule has 1 heterocycles. The third-order valence-electron chi connectivity index (χ3n) is 3.84. The summed E-state index contributed by atoms with van der Waals surface area (Å²) in [5, 5.41) is 11.0. The Kier molecular flexibility index (Phi) is 3.93. The van der Waals surface area contributed by atoms with E-state index in [2.05, 4.69) is 42.8 Å². The first-order chi connectivity index (χ1) is 11.4. The molecule has 0 fully saturated rings. The van der Waals surface area contributed by atoms with Gasteiger partial charge in [0.05, 0.1) is 5.52 Å². The topological polar surface area (TPSA) is 67.9 Å². The van der Waals surface area contributed by atoms with E-state index in [-0.39, 0.29) is 5.41 Å². The lowest BCUT2D eigenvalue weighted by molar-refractivity contribution is -0.128. The van der Waals surface area contributed by atoms with Crippen molar-refractivity contribution in [2.45, 2.75) is 26.2 Å². The van der Waals surface area contributed by atoms with Gasteiger partial charge in [0.1, 0.15) is 11.3 Å².